The number of hydrogen-bond acceptors (Lipinski definition) is 5. The van der Waals surface area contributed by atoms with E-state index in [0.717, 1.165) is 4.90 Å². The Hall–Kier alpha value is -1.64. The van der Waals surface area contributed by atoms with Crippen molar-refractivity contribution in [1.29, 1.82) is 0 Å². The van der Waals surface area contributed by atoms with Gasteiger partial charge >= 0.3 is 11.9 Å². The Labute approximate surface area is 135 Å². The molecule has 0 aromatic heterocycles. The number of rotatable bonds is 5. The Kier molecular flexibility index (Phi) is 3.86. The van der Waals surface area contributed by atoms with E-state index in [4.69, 9.17) is 10.8 Å². The minimum absolute atomic E-state index is 0.217. The van der Waals surface area contributed by atoms with Crippen LogP contribution < -0.4 is 5.73 Å². The van der Waals surface area contributed by atoms with Crippen LogP contribution in [0.1, 0.15) is 0 Å². The van der Waals surface area contributed by atoms with Crippen LogP contribution in [-0.2, 0) is 9.59 Å². The molecular weight excluding hydrogens is 325 g/mol. The van der Waals surface area contributed by atoms with E-state index in [1.807, 2.05) is 0 Å². The summed E-state index contributed by atoms with van der Waals surface area (Å²) < 4.78 is 12.9. The van der Waals surface area contributed by atoms with E-state index in [-0.39, 0.29) is 11.6 Å². The second kappa shape index (κ2) is 5.47. The third-order valence-electron chi connectivity index (χ3n) is 4.95. The summed E-state index contributed by atoms with van der Waals surface area (Å²) in [6, 6.07) is 5.69. The van der Waals surface area contributed by atoms with Gasteiger partial charge in [0.1, 0.15) is 11.4 Å². The number of carboxylic acids is 2. The highest BCUT2D eigenvalue weighted by atomic mass is 32.2. The lowest BCUT2D eigenvalue weighted by atomic mass is 9.81. The van der Waals surface area contributed by atoms with Gasteiger partial charge in [-0.3, -0.25) is 9.59 Å². The van der Waals surface area contributed by atoms with Crippen LogP contribution in [0.5, 0.6) is 0 Å². The smallest absolute Gasteiger partial charge is 0.324 e. The van der Waals surface area contributed by atoms with Crippen LogP contribution in [0.4, 0.5) is 4.39 Å². The predicted octanol–water partition coefficient (Wildman–Crippen LogP) is 0.637. The van der Waals surface area contributed by atoms with Gasteiger partial charge in [0.2, 0.25) is 0 Å². The largest absolute Gasteiger partial charge is 0.481 e. The standard InChI is InChI=1S/C15H16FNO5S/c16-6-1-3-7(4-2-6)23-5-8-12(18)9-10(13(19)20)11(9)15(8,17)14(21)22/h1-4,8-12,18H,5,17H2,(H,19,20)(H,21,22). The van der Waals surface area contributed by atoms with Crippen LogP contribution in [0.15, 0.2) is 29.2 Å². The molecule has 0 bridgehead atoms. The van der Waals surface area contributed by atoms with E-state index in [2.05, 4.69) is 0 Å². The molecule has 0 radical (unpaired) electrons. The fourth-order valence-electron chi connectivity index (χ4n) is 3.75. The zero-order valence-electron chi connectivity index (χ0n) is 11.9. The van der Waals surface area contributed by atoms with Crippen molar-refractivity contribution in [2.75, 3.05) is 5.75 Å². The molecule has 23 heavy (non-hydrogen) atoms. The fourth-order valence-corrected chi connectivity index (χ4v) is 4.92. The molecule has 1 aromatic rings. The molecule has 0 saturated heterocycles. The lowest BCUT2D eigenvalue weighted by molar-refractivity contribution is -0.148. The first-order valence-corrected chi connectivity index (χ1v) is 8.08. The number of fused-ring (bicyclic) bond motifs is 1. The van der Waals surface area contributed by atoms with Gasteiger partial charge < -0.3 is 21.1 Å². The Morgan fingerprint density at radius 2 is 1.87 bits per heavy atom. The van der Waals surface area contributed by atoms with E-state index in [1.54, 1.807) is 12.1 Å². The van der Waals surface area contributed by atoms with E-state index in [9.17, 15) is 24.2 Å². The molecule has 6 atom stereocenters. The molecule has 6 unspecified atom stereocenters. The van der Waals surface area contributed by atoms with E-state index in [0.29, 0.717) is 0 Å². The molecule has 6 nitrogen and oxygen atoms in total. The van der Waals surface area contributed by atoms with Gasteiger partial charge in [-0.25, -0.2) is 4.39 Å². The number of aliphatic carboxylic acids is 2. The maximum Gasteiger partial charge on any atom is 0.324 e. The number of halogens is 1. The van der Waals surface area contributed by atoms with Crippen LogP contribution in [0, 0.1) is 29.5 Å². The monoisotopic (exact) mass is 341 g/mol. The van der Waals surface area contributed by atoms with Gasteiger partial charge in [-0.1, -0.05) is 0 Å². The summed E-state index contributed by atoms with van der Waals surface area (Å²) in [6.45, 7) is 0. The average molecular weight is 341 g/mol. The number of thioether (sulfide) groups is 1. The number of aliphatic hydroxyl groups is 1. The predicted molar refractivity (Wildman–Crippen MR) is 79.3 cm³/mol. The highest BCUT2D eigenvalue weighted by Gasteiger charge is 2.77. The Bertz CT molecular complexity index is 654. The van der Waals surface area contributed by atoms with Crippen molar-refractivity contribution in [3.8, 4) is 0 Å². The van der Waals surface area contributed by atoms with Crippen molar-refractivity contribution in [3.05, 3.63) is 30.1 Å². The Balaban J connectivity index is 1.78. The normalized spacial score (nSPS) is 38.1. The molecule has 0 aliphatic heterocycles. The first-order valence-electron chi connectivity index (χ1n) is 7.10. The van der Waals surface area contributed by atoms with Crippen molar-refractivity contribution in [2.24, 2.45) is 29.4 Å². The van der Waals surface area contributed by atoms with Gasteiger partial charge in [0.25, 0.3) is 0 Å². The van der Waals surface area contributed by atoms with Gasteiger partial charge in [0.05, 0.1) is 12.0 Å². The molecule has 1 aromatic carbocycles. The SMILES string of the molecule is NC1(C(=O)O)C(CSc2ccc(F)cc2)C(O)C2C(C(=O)O)C21. The summed E-state index contributed by atoms with van der Waals surface area (Å²) in [4.78, 5) is 23.5. The van der Waals surface area contributed by atoms with Crippen molar-refractivity contribution in [3.63, 3.8) is 0 Å². The maximum absolute atomic E-state index is 12.9. The lowest BCUT2D eigenvalue weighted by Crippen LogP contribution is -2.58. The van der Waals surface area contributed by atoms with Crippen molar-refractivity contribution in [1.82, 2.24) is 0 Å². The van der Waals surface area contributed by atoms with E-state index >= 15 is 0 Å². The summed E-state index contributed by atoms with van der Waals surface area (Å²) in [7, 11) is 0. The highest BCUT2D eigenvalue weighted by molar-refractivity contribution is 7.99. The number of benzene rings is 1. The molecule has 2 aliphatic carbocycles. The molecule has 124 valence electrons. The van der Waals surface area contributed by atoms with Crippen molar-refractivity contribution >= 4 is 23.7 Å². The van der Waals surface area contributed by atoms with Crippen LogP contribution in [0.2, 0.25) is 0 Å². The zero-order chi connectivity index (χ0) is 16.9. The third-order valence-corrected chi connectivity index (χ3v) is 6.08. The lowest BCUT2D eigenvalue weighted by Gasteiger charge is -2.32. The second-order valence-electron chi connectivity index (χ2n) is 6.07. The van der Waals surface area contributed by atoms with Gasteiger partial charge in [-0.05, 0) is 24.3 Å². The molecule has 0 spiro atoms. The zero-order valence-corrected chi connectivity index (χ0v) is 12.7. The third kappa shape index (κ3) is 2.41. The van der Waals surface area contributed by atoms with Crippen LogP contribution in [-0.4, -0.2) is 44.7 Å². The van der Waals surface area contributed by atoms with Crippen LogP contribution in [0.3, 0.4) is 0 Å². The van der Waals surface area contributed by atoms with Gasteiger partial charge in [-0.2, -0.15) is 0 Å². The number of aliphatic hydroxyl groups excluding tert-OH is 1. The average Bonchev–Trinajstić information content (AvgIpc) is 3.20. The first kappa shape index (κ1) is 16.2. The number of nitrogens with two attached hydrogens (primary N) is 1. The number of carboxylic acid groups (broad SMARTS) is 2. The number of hydrogen-bond donors (Lipinski definition) is 4. The molecule has 2 saturated carbocycles. The minimum Gasteiger partial charge on any atom is -0.481 e. The molecular formula is C15H16FNO5S. The van der Waals surface area contributed by atoms with E-state index in [1.165, 1.54) is 23.9 Å². The quantitative estimate of drug-likeness (QED) is 0.580. The molecule has 0 amide bonds. The first-order chi connectivity index (χ1) is 10.8. The topological polar surface area (TPSA) is 121 Å². The van der Waals surface area contributed by atoms with Gasteiger partial charge in [0, 0.05) is 28.4 Å². The molecule has 5 N–H and O–H groups in total. The summed E-state index contributed by atoms with van der Waals surface area (Å²) in [6.07, 6.45) is -1.07. The van der Waals surface area contributed by atoms with Gasteiger partial charge in [-0.15, -0.1) is 11.8 Å². The van der Waals surface area contributed by atoms with E-state index < -0.39 is 47.3 Å². The molecule has 3 rings (SSSR count). The second-order valence-corrected chi connectivity index (χ2v) is 7.16. The summed E-state index contributed by atoms with van der Waals surface area (Å²) in [5.74, 6) is -5.62. The molecule has 0 heterocycles. The Morgan fingerprint density at radius 1 is 1.26 bits per heavy atom. The minimum atomic E-state index is -1.76. The fraction of sp³-hybridized carbons (Fsp3) is 0.467. The van der Waals surface area contributed by atoms with Crippen molar-refractivity contribution in [2.45, 2.75) is 16.5 Å². The highest BCUT2D eigenvalue weighted by Crippen LogP contribution is 2.64. The van der Waals surface area contributed by atoms with Crippen LogP contribution >= 0.6 is 11.8 Å². The van der Waals surface area contributed by atoms with Crippen molar-refractivity contribution < 1.29 is 29.3 Å². The molecule has 2 aliphatic rings. The van der Waals surface area contributed by atoms with Crippen LogP contribution in [0.25, 0.3) is 0 Å². The molecule has 8 heteroatoms. The summed E-state index contributed by atoms with van der Waals surface area (Å²) in [5, 5.41) is 29.0. The molecule has 2 fully saturated rings. The maximum atomic E-state index is 12.9. The summed E-state index contributed by atoms with van der Waals surface area (Å²) in [5.41, 5.74) is 4.28. The van der Waals surface area contributed by atoms with Gasteiger partial charge in [0.15, 0.2) is 0 Å². The Morgan fingerprint density at radius 3 is 2.39 bits per heavy atom. The summed E-state index contributed by atoms with van der Waals surface area (Å²) >= 11 is 1.26. The number of carbonyl (C=O) groups is 2.